The third-order valence-corrected chi connectivity index (χ3v) is 3.76. The zero-order valence-electron chi connectivity index (χ0n) is 9.98. The van der Waals surface area contributed by atoms with Gasteiger partial charge >= 0.3 is 0 Å². The largest absolute Gasteiger partial charge is 0.396 e. The number of benzene rings is 1. The molecule has 0 aliphatic carbocycles. The minimum atomic E-state index is 0.322. The van der Waals surface area contributed by atoms with Gasteiger partial charge in [-0.3, -0.25) is 0 Å². The molecule has 0 bridgehead atoms. The van der Waals surface area contributed by atoms with Crippen molar-refractivity contribution in [3.63, 3.8) is 0 Å². The number of aliphatic hydroxyl groups is 1. The summed E-state index contributed by atoms with van der Waals surface area (Å²) in [7, 11) is 0. The highest BCUT2D eigenvalue weighted by Gasteiger charge is 1.97. The van der Waals surface area contributed by atoms with Crippen molar-refractivity contribution in [2.45, 2.75) is 25.7 Å². The Bertz CT molecular complexity index is 452. The summed E-state index contributed by atoms with van der Waals surface area (Å²) < 4.78 is 1.35. The summed E-state index contributed by atoms with van der Waals surface area (Å²) in [5, 5.41) is 15.6. The molecule has 0 unspecified atom stereocenters. The fourth-order valence-electron chi connectivity index (χ4n) is 1.90. The third kappa shape index (κ3) is 3.72. The summed E-state index contributed by atoms with van der Waals surface area (Å²) in [6, 6.07) is 8.69. The van der Waals surface area contributed by atoms with Crippen molar-refractivity contribution in [1.29, 1.82) is 0 Å². The van der Waals surface area contributed by atoms with E-state index in [0.717, 1.165) is 19.4 Å². The van der Waals surface area contributed by atoms with Gasteiger partial charge in [-0.05, 0) is 47.9 Å². The van der Waals surface area contributed by atoms with Gasteiger partial charge in [-0.2, -0.15) is 0 Å². The second-order valence-corrected chi connectivity index (χ2v) is 5.19. The first kappa shape index (κ1) is 12.4. The molecule has 92 valence electrons. The predicted molar refractivity (Wildman–Crippen MR) is 75.9 cm³/mol. The van der Waals surface area contributed by atoms with E-state index in [1.165, 1.54) is 28.6 Å². The number of aliphatic hydroxyl groups excluding tert-OH is 1. The molecule has 17 heavy (non-hydrogen) atoms. The molecule has 2 nitrogen and oxygen atoms in total. The van der Waals surface area contributed by atoms with Crippen LogP contribution in [0.2, 0.25) is 0 Å². The van der Waals surface area contributed by atoms with Crippen LogP contribution in [-0.2, 0) is 0 Å². The van der Waals surface area contributed by atoms with Gasteiger partial charge in [-0.1, -0.05) is 12.8 Å². The van der Waals surface area contributed by atoms with E-state index in [0.29, 0.717) is 6.61 Å². The molecule has 0 amide bonds. The molecule has 2 aromatic rings. The van der Waals surface area contributed by atoms with E-state index < -0.39 is 0 Å². The topological polar surface area (TPSA) is 32.3 Å². The number of hydrogen-bond acceptors (Lipinski definition) is 3. The molecule has 0 saturated heterocycles. The van der Waals surface area contributed by atoms with Crippen LogP contribution in [0, 0.1) is 0 Å². The van der Waals surface area contributed by atoms with Crippen molar-refractivity contribution in [1.82, 2.24) is 0 Å². The van der Waals surface area contributed by atoms with E-state index in [2.05, 4.69) is 35.0 Å². The second-order valence-electron chi connectivity index (χ2n) is 4.24. The lowest BCUT2D eigenvalue weighted by Crippen LogP contribution is -2.01. The summed E-state index contributed by atoms with van der Waals surface area (Å²) in [6.07, 6.45) is 4.42. The highest BCUT2D eigenvalue weighted by Crippen LogP contribution is 2.23. The molecule has 2 N–H and O–H groups in total. The molecule has 0 aliphatic rings. The lowest BCUT2D eigenvalue weighted by atomic mass is 10.2. The Morgan fingerprint density at radius 3 is 2.82 bits per heavy atom. The molecule has 1 heterocycles. The first-order valence-corrected chi connectivity index (χ1v) is 7.10. The van der Waals surface area contributed by atoms with Crippen LogP contribution in [-0.4, -0.2) is 18.3 Å². The molecule has 0 saturated carbocycles. The molecule has 3 heteroatoms. The smallest absolute Gasteiger partial charge is 0.0431 e. The first-order chi connectivity index (χ1) is 8.40. The average Bonchev–Trinajstić information content (AvgIpc) is 2.81. The SMILES string of the molecule is OCCCCCCNc1ccc2sccc2c1. The fourth-order valence-corrected chi connectivity index (χ4v) is 2.67. The Labute approximate surface area is 106 Å². The zero-order valence-corrected chi connectivity index (χ0v) is 10.8. The van der Waals surface area contributed by atoms with Crippen molar-refractivity contribution in [2.24, 2.45) is 0 Å². The fraction of sp³-hybridized carbons (Fsp3) is 0.429. The number of nitrogens with one attached hydrogen (secondary N) is 1. The molecule has 2 rings (SSSR count). The van der Waals surface area contributed by atoms with Gasteiger partial charge in [0.1, 0.15) is 0 Å². The Hall–Kier alpha value is -1.06. The van der Waals surface area contributed by atoms with Crippen LogP contribution in [0.1, 0.15) is 25.7 Å². The summed E-state index contributed by atoms with van der Waals surface area (Å²) in [5.74, 6) is 0. The summed E-state index contributed by atoms with van der Waals surface area (Å²) in [5.41, 5.74) is 1.21. The molecular weight excluding hydrogens is 230 g/mol. The van der Waals surface area contributed by atoms with E-state index in [-0.39, 0.29) is 0 Å². The number of fused-ring (bicyclic) bond motifs is 1. The van der Waals surface area contributed by atoms with Gasteiger partial charge in [0.2, 0.25) is 0 Å². The van der Waals surface area contributed by atoms with Gasteiger partial charge in [-0.15, -0.1) is 11.3 Å². The second kappa shape index (κ2) is 6.62. The van der Waals surface area contributed by atoms with Gasteiger partial charge in [0.05, 0.1) is 0 Å². The minimum absolute atomic E-state index is 0.322. The molecule has 0 spiro atoms. The molecule has 1 aromatic heterocycles. The van der Waals surface area contributed by atoms with E-state index in [9.17, 15) is 0 Å². The number of hydrogen-bond donors (Lipinski definition) is 2. The van der Waals surface area contributed by atoms with Gasteiger partial charge in [0, 0.05) is 23.5 Å². The van der Waals surface area contributed by atoms with Crippen LogP contribution in [0.15, 0.2) is 29.6 Å². The zero-order chi connectivity index (χ0) is 11.9. The lowest BCUT2D eigenvalue weighted by Gasteiger charge is -2.06. The maximum absolute atomic E-state index is 8.67. The van der Waals surface area contributed by atoms with Crippen molar-refractivity contribution < 1.29 is 5.11 Å². The van der Waals surface area contributed by atoms with Gasteiger partial charge < -0.3 is 10.4 Å². The van der Waals surface area contributed by atoms with E-state index in [4.69, 9.17) is 5.11 Å². The molecule has 0 aliphatic heterocycles. The normalized spacial score (nSPS) is 10.9. The molecule has 0 fully saturated rings. The van der Waals surface area contributed by atoms with Crippen molar-refractivity contribution in [2.75, 3.05) is 18.5 Å². The Morgan fingerprint density at radius 2 is 1.94 bits per heavy atom. The van der Waals surface area contributed by atoms with E-state index >= 15 is 0 Å². The van der Waals surface area contributed by atoms with Crippen LogP contribution >= 0.6 is 11.3 Å². The third-order valence-electron chi connectivity index (χ3n) is 2.87. The van der Waals surface area contributed by atoms with Crippen molar-refractivity contribution in [3.8, 4) is 0 Å². The van der Waals surface area contributed by atoms with Crippen molar-refractivity contribution in [3.05, 3.63) is 29.6 Å². The highest BCUT2D eigenvalue weighted by molar-refractivity contribution is 7.17. The quantitative estimate of drug-likeness (QED) is 0.730. The summed E-state index contributed by atoms with van der Waals surface area (Å²) >= 11 is 1.78. The maximum Gasteiger partial charge on any atom is 0.0431 e. The number of rotatable bonds is 7. The molecule has 0 atom stereocenters. The average molecular weight is 249 g/mol. The number of anilines is 1. The summed E-state index contributed by atoms with van der Waals surface area (Å²) in [6.45, 7) is 1.34. The Morgan fingerprint density at radius 1 is 1.06 bits per heavy atom. The first-order valence-electron chi connectivity index (χ1n) is 6.22. The number of thiophene rings is 1. The maximum atomic E-state index is 8.67. The Balaban J connectivity index is 1.75. The van der Waals surface area contributed by atoms with Crippen molar-refractivity contribution >= 4 is 27.1 Å². The molecule has 1 aromatic carbocycles. The van der Waals surface area contributed by atoms with Gasteiger partial charge in [0.15, 0.2) is 0 Å². The molecule has 0 radical (unpaired) electrons. The van der Waals surface area contributed by atoms with Crippen LogP contribution in [0.3, 0.4) is 0 Å². The lowest BCUT2D eigenvalue weighted by molar-refractivity contribution is 0.283. The monoisotopic (exact) mass is 249 g/mol. The summed E-state index contributed by atoms with van der Waals surface area (Å²) in [4.78, 5) is 0. The van der Waals surface area contributed by atoms with Crippen LogP contribution in [0.25, 0.3) is 10.1 Å². The van der Waals surface area contributed by atoms with Crippen LogP contribution in [0.4, 0.5) is 5.69 Å². The minimum Gasteiger partial charge on any atom is -0.396 e. The van der Waals surface area contributed by atoms with Crippen LogP contribution in [0.5, 0.6) is 0 Å². The van der Waals surface area contributed by atoms with Crippen LogP contribution < -0.4 is 5.32 Å². The highest BCUT2D eigenvalue weighted by atomic mass is 32.1. The number of unbranched alkanes of at least 4 members (excludes halogenated alkanes) is 3. The van der Waals surface area contributed by atoms with Gasteiger partial charge in [0.25, 0.3) is 0 Å². The molecular formula is C14H19NOS. The van der Waals surface area contributed by atoms with Gasteiger partial charge in [-0.25, -0.2) is 0 Å². The predicted octanol–water partition coefficient (Wildman–Crippen LogP) is 3.87. The Kier molecular flexibility index (Phi) is 4.83. The standard InChI is InChI=1S/C14H19NOS/c16-9-4-2-1-3-8-15-13-5-6-14-12(11-13)7-10-17-14/h5-7,10-11,15-16H,1-4,8-9H2. The van der Waals surface area contributed by atoms with E-state index in [1.54, 1.807) is 11.3 Å². The van der Waals surface area contributed by atoms with E-state index in [1.807, 2.05) is 0 Å².